The molecule has 0 radical (unpaired) electrons. The number of amides is 1. The Morgan fingerprint density at radius 1 is 1.00 bits per heavy atom. The Balaban J connectivity index is 2.25. The first-order chi connectivity index (χ1) is 11.7. The van der Waals surface area contributed by atoms with Gasteiger partial charge in [-0.3, -0.25) is 10.0 Å². The molecular formula is C17H19IN2O4S. The topological polar surface area (TPSA) is 95.5 Å². The van der Waals surface area contributed by atoms with Crippen LogP contribution >= 0.6 is 22.6 Å². The summed E-state index contributed by atoms with van der Waals surface area (Å²) in [6.07, 6.45) is 0. The van der Waals surface area contributed by atoms with Crippen LogP contribution in [0.15, 0.2) is 53.4 Å². The van der Waals surface area contributed by atoms with E-state index in [2.05, 4.69) is 27.3 Å². The van der Waals surface area contributed by atoms with Crippen molar-refractivity contribution in [1.29, 1.82) is 0 Å². The Labute approximate surface area is 160 Å². The summed E-state index contributed by atoms with van der Waals surface area (Å²) in [7, 11) is -3.89. The van der Waals surface area contributed by atoms with Gasteiger partial charge in [0.1, 0.15) is 6.04 Å². The molecular weight excluding hydrogens is 455 g/mol. The zero-order chi connectivity index (χ0) is 18.6. The Bertz CT molecular complexity index is 834. The molecule has 25 heavy (non-hydrogen) atoms. The molecule has 0 spiro atoms. The van der Waals surface area contributed by atoms with E-state index in [1.165, 1.54) is 17.6 Å². The fourth-order valence-corrected chi connectivity index (χ4v) is 3.97. The van der Waals surface area contributed by atoms with Crippen LogP contribution in [0.5, 0.6) is 0 Å². The lowest BCUT2D eigenvalue weighted by Crippen LogP contribution is -2.48. The molecule has 3 N–H and O–H groups in total. The molecule has 0 fully saturated rings. The highest BCUT2D eigenvalue weighted by Gasteiger charge is 2.28. The first kappa shape index (κ1) is 19.8. The molecule has 0 aliphatic heterocycles. The second-order valence-corrected chi connectivity index (χ2v) is 8.81. The van der Waals surface area contributed by atoms with Gasteiger partial charge in [-0.05, 0) is 63.9 Å². The van der Waals surface area contributed by atoms with Crippen LogP contribution in [0.3, 0.4) is 0 Å². The van der Waals surface area contributed by atoms with E-state index in [9.17, 15) is 13.2 Å². The van der Waals surface area contributed by atoms with Gasteiger partial charge in [0, 0.05) is 3.57 Å². The molecule has 1 unspecified atom stereocenters. The number of hydrogen-bond acceptors (Lipinski definition) is 4. The summed E-state index contributed by atoms with van der Waals surface area (Å²) in [5.41, 5.74) is 3.36. The van der Waals surface area contributed by atoms with Gasteiger partial charge in [0.2, 0.25) is 10.0 Å². The molecule has 2 rings (SSSR count). The first-order valence-corrected chi connectivity index (χ1v) is 10.1. The van der Waals surface area contributed by atoms with Crippen LogP contribution < -0.4 is 10.2 Å². The highest BCUT2D eigenvalue weighted by molar-refractivity contribution is 14.1. The lowest BCUT2D eigenvalue weighted by molar-refractivity contribution is -0.131. The second kappa shape index (κ2) is 8.26. The molecule has 0 saturated carbocycles. The van der Waals surface area contributed by atoms with Crippen LogP contribution in [0, 0.1) is 9.49 Å². The number of carbonyl (C=O) groups is 1. The number of hydroxylamine groups is 1. The summed E-state index contributed by atoms with van der Waals surface area (Å²) in [5.74, 6) is -1.12. The average molecular weight is 474 g/mol. The fraction of sp³-hybridized carbons (Fsp3) is 0.235. The second-order valence-electron chi connectivity index (χ2n) is 5.85. The molecule has 0 bridgehead atoms. The minimum Gasteiger partial charge on any atom is -0.289 e. The van der Waals surface area contributed by atoms with Gasteiger partial charge in [-0.2, -0.15) is 4.72 Å². The summed E-state index contributed by atoms with van der Waals surface area (Å²) in [5, 5.41) is 8.77. The van der Waals surface area contributed by atoms with Crippen molar-refractivity contribution in [3.05, 3.63) is 52.1 Å². The third kappa shape index (κ3) is 5.00. The molecule has 0 aromatic heterocycles. The van der Waals surface area contributed by atoms with E-state index in [1.807, 2.05) is 24.3 Å². The van der Waals surface area contributed by atoms with Crippen LogP contribution in [-0.2, 0) is 14.8 Å². The predicted octanol–water partition coefficient (Wildman–Crippen LogP) is 2.77. The first-order valence-electron chi connectivity index (χ1n) is 7.57. The van der Waals surface area contributed by atoms with Crippen molar-refractivity contribution >= 4 is 38.5 Å². The van der Waals surface area contributed by atoms with Crippen LogP contribution in [-0.4, -0.2) is 25.6 Å². The number of halogens is 1. The lowest BCUT2D eigenvalue weighted by Gasteiger charge is -2.20. The third-order valence-electron chi connectivity index (χ3n) is 3.68. The summed E-state index contributed by atoms with van der Waals surface area (Å²) >= 11 is 2.22. The number of hydrogen-bond donors (Lipinski definition) is 3. The Hall–Kier alpha value is -1.49. The standard InChI is InChI=1S/C17H19IN2O4S/c1-11(2)16(17(21)19-22)20-25(23,24)15-9-5-13(6-10-15)12-3-7-14(18)8-4-12/h3-11,16,20,22H,1-2H3,(H,19,21). The van der Waals surface area contributed by atoms with Crippen LogP contribution in [0.2, 0.25) is 0 Å². The van der Waals surface area contributed by atoms with Crippen molar-refractivity contribution < 1.29 is 18.4 Å². The maximum absolute atomic E-state index is 12.5. The summed E-state index contributed by atoms with van der Waals surface area (Å²) in [4.78, 5) is 11.7. The van der Waals surface area contributed by atoms with Crippen molar-refractivity contribution in [1.82, 2.24) is 10.2 Å². The number of nitrogens with one attached hydrogen (secondary N) is 2. The van der Waals surface area contributed by atoms with Gasteiger partial charge in [0.15, 0.2) is 0 Å². The molecule has 2 aromatic carbocycles. The van der Waals surface area contributed by atoms with Gasteiger partial charge >= 0.3 is 0 Å². The molecule has 0 aliphatic rings. The van der Waals surface area contributed by atoms with Crippen molar-refractivity contribution in [3.63, 3.8) is 0 Å². The smallest absolute Gasteiger partial charge is 0.261 e. The van der Waals surface area contributed by atoms with E-state index >= 15 is 0 Å². The van der Waals surface area contributed by atoms with E-state index < -0.39 is 22.0 Å². The van der Waals surface area contributed by atoms with Gasteiger partial charge in [-0.25, -0.2) is 13.9 Å². The highest BCUT2D eigenvalue weighted by atomic mass is 127. The number of carbonyl (C=O) groups excluding carboxylic acids is 1. The molecule has 134 valence electrons. The van der Waals surface area contributed by atoms with E-state index in [4.69, 9.17) is 5.21 Å². The largest absolute Gasteiger partial charge is 0.289 e. The highest BCUT2D eigenvalue weighted by Crippen LogP contribution is 2.22. The number of rotatable bonds is 6. The summed E-state index contributed by atoms with van der Waals surface area (Å²) < 4.78 is 28.4. The van der Waals surface area contributed by atoms with Crippen molar-refractivity contribution in [3.8, 4) is 11.1 Å². The Kier molecular flexibility index (Phi) is 6.55. The molecule has 0 saturated heterocycles. The fourth-order valence-electron chi connectivity index (χ4n) is 2.27. The Morgan fingerprint density at radius 2 is 1.48 bits per heavy atom. The van der Waals surface area contributed by atoms with Gasteiger partial charge in [0.05, 0.1) is 4.90 Å². The van der Waals surface area contributed by atoms with E-state index in [1.54, 1.807) is 26.0 Å². The van der Waals surface area contributed by atoms with E-state index in [-0.39, 0.29) is 10.8 Å². The predicted molar refractivity (Wildman–Crippen MR) is 103 cm³/mol. The summed E-state index contributed by atoms with van der Waals surface area (Å²) in [6.45, 7) is 3.37. The molecule has 1 atom stereocenters. The zero-order valence-corrected chi connectivity index (χ0v) is 16.7. The average Bonchev–Trinajstić information content (AvgIpc) is 2.59. The van der Waals surface area contributed by atoms with Crippen molar-refractivity contribution in [2.75, 3.05) is 0 Å². The molecule has 8 heteroatoms. The summed E-state index contributed by atoms with van der Waals surface area (Å²) in [6, 6.07) is 13.2. The van der Waals surface area contributed by atoms with Gasteiger partial charge < -0.3 is 0 Å². The van der Waals surface area contributed by atoms with Crippen molar-refractivity contribution in [2.24, 2.45) is 5.92 Å². The molecule has 6 nitrogen and oxygen atoms in total. The minimum absolute atomic E-state index is 0.0538. The normalized spacial score (nSPS) is 12.8. The van der Waals surface area contributed by atoms with E-state index in [0.717, 1.165) is 14.7 Å². The maximum atomic E-state index is 12.5. The van der Waals surface area contributed by atoms with Gasteiger partial charge in [-0.1, -0.05) is 38.1 Å². The molecule has 2 aromatic rings. The lowest BCUT2D eigenvalue weighted by atomic mass is 10.1. The third-order valence-corrected chi connectivity index (χ3v) is 5.86. The number of benzene rings is 2. The van der Waals surface area contributed by atoms with Crippen LogP contribution in [0.1, 0.15) is 13.8 Å². The SMILES string of the molecule is CC(C)C(NS(=O)(=O)c1ccc(-c2ccc(I)cc2)cc1)C(=O)NO. The monoisotopic (exact) mass is 474 g/mol. The Morgan fingerprint density at radius 3 is 1.92 bits per heavy atom. The van der Waals surface area contributed by atoms with Gasteiger partial charge in [0.25, 0.3) is 5.91 Å². The van der Waals surface area contributed by atoms with Crippen LogP contribution in [0.4, 0.5) is 0 Å². The van der Waals surface area contributed by atoms with Crippen molar-refractivity contribution in [2.45, 2.75) is 24.8 Å². The molecule has 1 amide bonds. The quantitative estimate of drug-likeness (QED) is 0.341. The maximum Gasteiger partial charge on any atom is 0.261 e. The van der Waals surface area contributed by atoms with E-state index in [0.29, 0.717) is 0 Å². The van der Waals surface area contributed by atoms with Crippen LogP contribution in [0.25, 0.3) is 11.1 Å². The minimum atomic E-state index is -3.89. The number of sulfonamides is 1. The zero-order valence-electron chi connectivity index (χ0n) is 13.7. The van der Waals surface area contributed by atoms with Gasteiger partial charge in [-0.15, -0.1) is 0 Å². The molecule has 0 aliphatic carbocycles. The molecule has 0 heterocycles.